The van der Waals surface area contributed by atoms with Crippen molar-refractivity contribution >= 4 is 44.3 Å². The minimum absolute atomic E-state index is 0.0849. The summed E-state index contributed by atoms with van der Waals surface area (Å²) in [5.41, 5.74) is 2.49. The number of rotatable bonds is 7. The normalized spacial score (nSPS) is 10.4. The molecule has 0 unspecified atom stereocenters. The number of amides is 1. The monoisotopic (exact) mass is 460 g/mol. The first kappa shape index (κ1) is 20.0. The van der Waals surface area contributed by atoms with Gasteiger partial charge in [0.15, 0.2) is 11.7 Å². The highest BCUT2D eigenvalue weighted by atomic mass is 79.9. The number of anilines is 1. The SMILES string of the molecule is COc1ccc(CC(=O)OCC(=O)Nc2nc(-c3cccc(Br)c3)cs2)cc1. The van der Waals surface area contributed by atoms with E-state index in [0.29, 0.717) is 10.9 Å². The van der Waals surface area contributed by atoms with E-state index in [2.05, 4.69) is 26.2 Å². The van der Waals surface area contributed by atoms with Gasteiger partial charge < -0.3 is 9.47 Å². The Morgan fingerprint density at radius 3 is 2.68 bits per heavy atom. The Kier molecular flexibility index (Phi) is 6.78. The molecule has 8 heteroatoms. The number of hydrogen-bond acceptors (Lipinski definition) is 6. The van der Waals surface area contributed by atoms with Gasteiger partial charge in [-0.1, -0.05) is 40.2 Å². The zero-order valence-electron chi connectivity index (χ0n) is 15.0. The highest BCUT2D eigenvalue weighted by molar-refractivity contribution is 9.10. The van der Waals surface area contributed by atoms with Crippen molar-refractivity contribution in [1.82, 2.24) is 4.98 Å². The molecule has 0 radical (unpaired) electrons. The minimum Gasteiger partial charge on any atom is -0.497 e. The number of ether oxygens (including phenoxy) is 2. The largest absolute Gasteiger partial charge is 0.497 e. The molecule has 0 aliphatic heterocycles. The molecular weight excluding hydrogens is 444 g/mol. The standard InChI is InChI=1S/C20H17BrN2O4S/c1-26-16-7-5-13(6-8-16)9-19(25)27-11-18(24)23-20-22-17(12-28-20)14-3-2-4-15(21)10-14/h2-8,10,12H,9,11H2,1H3,(H,22,23,24). The second-order valence-corrected chi connectivity index (χ2v) is 7.56. The van der Waals surface area contributed by atoms with E-state index >= 15 is 0 Å². The van der Waals surface area contributed by atoms with Crippen molar-refractivity contribution in [3.63, 3.8) is 0 Å². The molecule has 1 N–H and O–H groups in total. The smallest absolute Gasteiger partial charge is 0.310 e. The summed E-state index contributed by atoms with van der Waals surface area (Å²) < 4.78 is 11.1. The van der Waals surface area contributed by atoms with Crippen LogP contribution in [0.2, 0.25) is 0 Å². The molecular formula is C20H17BrN2O4S. The predicted molar refractivity (Wildman–Crippen MR) is 112 cm³/mol. The van der Waals surface area contributed by atoms with Gasteiger partial charge in [-0.3, -0.25) is 14.9 Å². The van der Waals surface area contributed by atoms with E-state index in [1.807, 2.05) is 29.6 Å². The molecule has 0 atom stereocenters. The molecule has 3 rings (SSSR count). The Morgan fingerprint density at radius 2 is 1.96 bits per heavy atom. The van der Waals surface area contributed by atoms with Gasteiger partial charge in [-0.25, -0.2) is 4.98 Å². The molecule has 0 aliphatic carbocycles. The first-order chi connectivity index (χ1) is 13.5. The number of esters is 1. The van der Waals surface area contributed by atoms with Gasteiger partial charge in [-0.05, 0) is 29.8 Å². The van der Waals surface area contributed by atoms with Crippen LogP contribution in [0.3, 0.4) is 0 Å². The number of nitrogens with one attached hydrogen (secondary N) is 1. The average Bonchev–Trinajstić information content (AvgIpc) is 3.15. The number of halogens is 1. The summed E-state index contributed by atoms with van der Waals surface area (Å²) in [6.07, 6.45) is 0.0849. The van der Waals surface area contributed by atoms with Crippen LogP contribution in [-0.4, -0.2) is 30.6 Å². The van der Waals surface area contributed by atoms with Gasteiger partial charge in [-0.15, -0.1) is 11.3 Å². The van der Waals surface area contributed by atoms with Gasteiger partial charge in [-0.2, -0.15) is 0 Å². The van der Waals surface area contributed by atoms with Crippen molar-refractivity contribution in [3.05, 3.63) is 63.9 Å². The first-order valence-corrected chi connectivity index (χ1v) is 10.0. The summed E-state index contributed by atoms with van der Waals surface area (Å²) in [5, 5.41) is 4.95. The fourth-order valence-electron chi connectivity index (χ4n) is 2.37. The van der Waals surface area contributed by atoms with Crippen LogP contribution in [0.1, 0.15) is 5.56 Å². The molecule has 28 heavy (non-hydrogen) atoms. The topological polar surface area (TPSA) is 77.5 Å². The van der Waals surface area contributed by atoms with E-state index in [0.717, 1.165) is 21.3 Å². The average molecular weight is 461 g/mol. The van der Waals surface area contributed by atoms with E-state index in [1.54, 1.807) is 31.4 Å². The van der Waals surface area contributed by atoms with Crippen LogP contribution in [0.25, 0.3) is 11.3 Å². The fourth-order valence-corrected chi connectivity index (χ4v) is 3.51. The van der Waals surface area contributed by atoms with Crippen LogP contribution in [0.5, 0.6) is 5.75 Å². The lowest BCUT2D eigenvalue weighted by Gasteiger charge is -2.05. The fraction of sp³-hybridized carbons (Fsp3) is 0.150. The van der Waals surface area contributed by atoms with Crippen LogP contribution in [0.15, 0.2) is 58.4 Å². The first-order valence-electron chi connectivity index (χ1n) is 8.33. The minimum atomic E-state index is -0.478. The van der Waals surface area contributed by atoms with E-state index in [4.69, 9.17) is 9.47 Å². The quantitative estimate of drug-likeness (QED) is 0.531. The second-order valence-electron chi connectivity index (χ2n) is 5.78. The van der Waals surface area contributed by atoms with Gasteiger partial charge in [0.25, 0.3) is 5.91 Å². The van der Waals surface area contributed by atoms with Gasteiger partial charge in [0.2, 0.25) is 0 Å². The molecule has 3 aromatic rings. The van der Waals surface area contributed by atoms with E-state index < -0.39 is 11.9 Å². The summed E-state index contributed by atoms with van der Waals surface area (Å²) in [5.74, 6) is -0.199. The van der Waals surface area contributed by atoms with Gasteiger partial charge in [0, 0.05) is 15.4 Å². The molecule has 0 saturated heterocycles. The molecule has 0 aliphatic rings. The maximum atomic E-state index is 12.0. The number of aromatic nitrogens is 1. The zero-order valence-corrected chi connectivity index (χ0v) is 17.4. The maximum absolute atomic E-state index is 12.0. The molecule has 0 spiro atoms. The van der Waals surface area contributed by atoms with Crippen molar-refractivity contribution in [1.29, 1.82) is 0 Å². The van der Waals surface area contributed by atoms with Gasteiger partial charge >= 0.3 is 5.97 Å². The molecule has 1 aromatic heterocycles. The molecule has 0 saturated carbocycles. The summed E-state index contributed by atoms with van der Waals surface area (Å²) in [7, 11) is 1.58. The number of carbonyl (C=O) groups is 2. The predicted octanol–water partition coefficient (Wildman–Crippen LogP) is 4.31. The van der Waals surface area contributed by atoms with E-state index in [1.165, 1.54) is 11.3 Å². The number of nitrogens with zero attached hydrogens (tertiary/aromatic N) is 1. The van der Waals surface area contributed by atoms with Crippen LogP contribution in [0, 0.1) is 0 Å². The number of methoxy groups -OCH3 is 1. The number of benzene rings is 2. The number of carbonyl (C=O) groups excluding carboxylic acids is 2. The molecule has 0 fully saturated rings. The summed E-state index contributed by atoms with van der Waals surface area (Å²) in [4.78, 5) is 28.3. The summed E-state index contributed by atoms with van der Waals surface area (Å²) in [6.45, 7) is -0.360. The molecule has 144 valence electrons. The van der Waals surface area contributed by atoms with Crippen molar-refractivity contribution in [2.75, 3.05) is 19.0 Å². The third-order valence-corrected chi connectivity index (χ3v) is 4.99. The Bertz CT molecular complexity index is 972. The summed E-state index contributed by atoms with van der Waals surface area (Å²) in [6, 6.07) is 14.8. The zero-order chi connectivity index (χ0) is 19.9. The Balaban J connectivity index is 1.48. The van der Waals surface area contributed by atoms with Gasteiger partial charge in [0.1, 0.15) is 5.75 Å². The van der Waals surface area contributed by atoms with E-state index in [9.17, 15) is 9.59 Å². The van der Waals surface area contributed by atoms with Crippen molar-refractivity contribution in [2.45, 2.75) is 6.42 Å². The molecule has 6 nitrogen and oxygen atoms in total. The lowest BCUT2D eigenvalue weighted by atomic mass is 10.1. The third-order valence-electron chi connectivity index (χ3n) is 3.74. The third kappa shape index (κ3) is 5.64. The van der Waals surface area contributed by atoms with E-state index in [-0.39, 0.29) is 13.0 Å². The lowest BCUT2D eigenvalue weighted by molar-refractivity contribution is -0.146. The maximum Gasteiger partial charge on any atom is 0.310 e. The summed E-state index contributed by atoms with van der Waals surface area (Å²) >= 11 is 4.73. The molecule has 0 bridgehead atoms. The second kappa shape index (κ2) is 9.48. The van der Waals surface area contributed by atoms with Crippen LogP contribution >= 0.6 is 27.3 Å². The lowest BCUT2D eigenvalue weighted by Crippen LogP contribution is -2.21. The molecule has 1 amide bonds. The highest BCUT2D eigenvalue weighted by Crippen LogP contribution is 2.26. The Morgan fingerprint density at radius 1 is 1.18 bits per heavy atom. The Hall–Kier alpha value is -2.71. The van der Waals surface area contributed by atoms with Crippen molar-refractivity contribution in [3.8, 4) is 17.0 Å². The molecule has 2 aromatic carbocycles. The van der Waals surface area contributed by atoms with Crippen molar-refractivity contribution in [2.24, 2.45) is 0 Å². The number of thiazole rings is 1. The Labute approximate surface area is 174 Å². The number of hydrogen-bond donors (Lipinski definition) is 1. The van der Waals surface area contributed by atoms with Crippen molar-refractivity contribution < 1.29 is 19.1 Å². The van der Waals surface area contributed by atoms with Crippen LogP contribution in [-0.2, 0) is 20.7 Å². The molecule has 1 heterocycles. The highest BCUT2D eigenvalue weighted by Gasteiger charge is 2.11. The van der Waals surface area contributed by atoms with Crippen LogP contribution in [0.4, 0.5) is 5.13 Å². The van der Waals surface area contributed by atoms with Crippen LogP contribution < -0.4 is 10.1 Å². The van der Waals surface area contributed by atoms with Gasteiger partial charge in [0.05, 0.1) is 19.2 Å².